The van der Waals surface area contributed by atoms with Gasteiger partial charge < -0.3 is 21.5 Å². The molecule has 166 valence electrons. The maximum atomic E-state index is 12.2. The summed E-state index contributed by atoms with van der Waals surface area (Å²) in [7, 11) is 0. The summed E-state index contributed by atoms with van der Waals surface area (Å²) in [6, 6.07) is -0.366. The number of halogens is 3. The van der Waals surface area contributed by atoms with Crippen LogP contribution >= 0.6 is 0 Å². The van der Waals surface area contributed by atoms with Crippen molar-refractivity contribution in [3.8, 4) is 0 Å². The molecular formula is C19H30F3N3O4. The van der Waals surface area contributed by atoms with Crippen LogP contribution < -0.4 is 16.4 Å². The highest BCUT2D eigenvalue weighted by Crippen LogP contribution is 2.19. The summed E-state index contributed by atoms with van der Waals surface area (Å²) in [5, 5.41) is 13.3. The predicted octanol–water partition coefficient (Wildman–Crippen LogP) is 2.40. The van der Waals surface area contributed by atoms with Crippen LogP contribution in [0, 0.1) is 0 Å². The molecule has 0 aromatic carbocycles. The molecule has 7 nitrogen and oxygen atoms in total. The standard InChI is InChI=1S/C17H29N3O2.C2HF3O2/c18-13-9-5-3-1-2-4-6-12-16(21)19-14-10-7-8-11-15(14)20-17(13)22;3-2(4,5)1(6)7/h1-2,13-15H,3-12,18H2,(H,19,21)(H,20,22);(H,6,7)/b2-1+;/t13?,14-,15+;/m0./s1. The average Bonchev–Trinajstić information content (AvgIpc) is 2.64. The molecule has 1 fully saturated rings. The monoisotopic (exact) mass is 421 g/mol. The Morgan fingerprint density at radius 1 is 0.966 bits per heavy atom. The van der Waals surface area contributed by atoms with E-state index in [-0.39, 0.29) is 23.9 Å². The van der Waals surface area contributed by atoms with Gasteiger partial charge in [-0.25, -0.2) is 4.79 Å². The molecule has 29 heavy (non-hydrogen) atoms. The van der Waals surface area contributed by atoms with Gasteiger partial charge in [-0.2, -0.15) is 13.2 Å². The number of nitrogens with one attached hydrogen (secondary N) is 2. The zero-order valence-corrected chi connectivity index (χ0v) is 16.3. The lowest BCUT2D eigenvalue weighted by molar-refractivity contribution is -0.192. The number of fused-ring (bicyclic) bond motifs is 1. The third-order valence-corrected chi connectivity index (χ3v) is 4.85. The molecule has 10 heteroatoms. The Morgan fingerprint density at radius 3 is 2.03 bits per heavy atom. The molecular weight excluding hydrogens is 391 g/mol. The molecule has 3 atom stereocenters. The largest absolute Gasteiger partial charge is 0.490 e. The predicted molar refractivity (Wildman–Crippen MR) is 101 cm³/mol. The van der Waals surface area contributed by atoms with Crippen LogP contribution in [0.25, 0.3) is 0 Å². The molecule has 2 amide bonds. The number of carboxylic acid groups (broad SMARTS) is 1. The highest BCUT2D eigenvalue weighted by atomic mass is 19.4. The molecule has 2 rings (SSSR count). The number of carbonyl (C=O) groups excluding carboxylic acids is 2. The summed E-state index contributed by atoms with van der Waals surface area (Å²) in [5.74, 6) is -2.74. The van der Waals surface area contributed by atoms with Gasteiger partial charge in [0.15, 0.2) is 0 Å². The second-order valence-corrected chi connectivity index (χ2v) is 7.28. The molecule has 0 bridgehead atoms. The van der Waals surface area contributed by atoms with Crippen molar-refractivity contribution in [2.45, 2.75) is 88.5 Å². The van der Waals surface area contributed by atoms with Crippen LogP contribution in [0.4, 0.5) is 13.2 Å². The molecule has 1 aliphatic heterocycles. The van der Waals surface area contributed by atoms with Crippen molar-refractivity contribution >= 4 is 17.8 Å². The van der Waals surface area contributed by atoms with Gasteiger partial charge in [0, 0.05) is 18.5 Å². The summed E-state index contributed by atoms with van der Waals surface area (Å²) >= 11 is 0. The lowest BCUT2D eigenvalue weighted by Crippen LogP contribution is -2.56. The molecule has 1 aliphatic carbocycles. The molecule has 0 saturated heterocycles. The normalized spacial score (nSPS) is 28.2. The Morgan fingerprint density at radius 2 is 1.48 bits per heavy atom. The smallest absolute Gasteiger partial charge is 0.475 e. The van der Waals surface area contributed by atoms with Crippen LogP contribution in [0.2, 0.25) is 0 Å². The fraction of sp³-hybridized carbons (Fsp3) is 0.737. The van der Waals surface area contributed by atoms with Gasteiger partial charge in [-0.15, -0.1) is 0 Å². The Labute approximate surface area is 168 Å². The second-order valence-electron chi connectivity index (χ2n) is 7.28. The van der Waals surface area contributed by atoms with E-state index < -0.39 is 18.2 Å². The first-order valence-electron chi connectivity index (χ1n) is 9.91. The zero-order valence-electron chi connectivity index (χ0n) is 16.3. The maximum Gasteiger partial charge on any atom is 0.490 e. The van der Waals surface area contributed by atoms with Gasteiger partial charge in [-0.1, -0.05) is 25.0 Å². The number of carbonyl (C=O) groups is 3. The number of amides is 2. The topological polar surface area (TPSA) is 122 Å². The van der Waals surface area contributed by atoms with E-state index in [1.54, 1.807) is 0 Å². The van der Waals surface area contributed by atoms with E-state index in [1.165, 1.54) is 0 Å². The van der Waals surface area contributed by atoms with E-state index in [0.29, 0.717) is 12.8 Å². The number of rotatable bonds is 0. The van der Waals surface area contributed by atoms with E-state index in [4.69, 9.17) is 15.6 Å². The quantitative estimate of drug-likeness (QED) is 0.448. The van der Waals surface area contributed by atoms with Crippen molar-refractivity contribution in [2.75, 3.05) is 0 Å². The maximum absolute atomic E-state index is 12.2. The summed E-state index contributed by atoms with van der Waals surface area (Å²) < 4.78 is 31.7. The Hall–Kier alpha value is -2.10. The van der Waals surface area contributed by atoms with Crippen molar-refractivity contribution in [3.63, 3.8) is 0 Å². The van der Waals surface area contributed by atoms with Crippen LogP contribution in [0.5, 0.6) is 0 Å². The molecule has 0 aromatic rings. The first-order valence-corrected chi connectivity index (χ1v) is 9.91. The fourth-order valence-electron chi connectivity index (χ4n) is 3.25. The lowest BCUT2D eigenvalue weighted by atomic mass is 9.89. The van der Waals surface area contributed by atoms with Crippen LogP contribution in [0.1, 0.15) is 64.2 Å². The van der Waals surface area contributed by atoms with Gasteiger partial charge >= 0.3 is 12.1 Å². The minimum Gasteiger partial charge on any atom is -0.475 e. The van der Waals surface area contributed by atoms with Gasteiger partial charge in [0.1, 0.15) is 0 Å². The molecule has 1 unspecified atom stereocenters. The van der Waals surface area contributed by atoms with E-state index in [9.17, 15) is 22.8 Å². The molecule has 1 heterocycles. The minimum absolute atomic E-state index is 0.0273. The van der Waals surface area contributed by atoms with Crippen molar-refractivity contribution in [3.05, 3.63) is 12.2 Å². The molecule has 1 saturated carbocycles. The second kappa shape index (κ2) is 12.5. The third-order valence-electron chi connectivity index (χ3n) is 4.85. The molecule has 5 N–H and O–H groups in total. The Balaban J connectivity index is 0.000000516. The van der Waals surface area contributed by atoms with Crippen LogP contribution in [-0.4, -0.2) is 47.2 Å². The number of carboxylic acids is 1. The number of aliphatic carboxylic acids is 1. The Kier molecular flexibility index (Phi) is 10.7. The molecule has 0 aromatic heterocycles. The number of allylic oxidation sites excluding steroid dienone is 2. The average molecular weight is 421 g/mol. The number of alkyl halides is 3. The van der Waals surface area contributed by atoms with E-state index in [1.807, 2.05) is 0 Å². The van der Waals surface area contributed by atoms with E-state index in [2.05, 4.69) is 22.8 Å². The van der Waals surface area contributed by atoms with Gasteiger partial charge in [-0.3, -0.25) is 9.59 Å². The Bertz CT molecular complexity index is 582. The SMILES string of the molecule is NC1CCC/C=C/CCCC(=O)N[C@H]2CCCC[C@H]2NC1=O.O=C(O)C(F)(F)F. The summed E-state index contributed by atoms with van der Waals surface area (Å²) in [4.78, 5) is 33.2. The summed E-state index contributed by atoms with van der Waals surface area (Å²) in [6.45, 7) is 0. The number of hydrogen-bond acceptors (Lipinski definition) is 4. The minimum atomic E-state index is -5.08. The molecule has 0 radical (unpaired) electrons. The van der Waals surface area contributed by atoms with Crippen molar-refractivity contribution < 1.29 is 32.7 Å². The lowest BCUT2D eigenvalue weighted by Gasteiger charge is -2.33. The molecule has 0 spiro atoms. The van der Waals surface area contributed by atoms with Gasteiger partial charge in [0.2, 0.25) is 11.8 Å². The van der Waals surface area contributed by atoms with Crippen molar-refractivity contribution in [1.29, 1.82) is 0 Å². The highest BCUT2D eigenvalue weighted by Gasteiger charge is 2.38. The van der Waals surface area contributed by atoms with Crippen LogP contribution in [0.15, 0.2) is 12.2 Å². The fourth-order valence-corrected chi connectivity index (χ4v) is 3.25. The van der Waals surface area contributed by atoms with Gasteiger partial charge in [0.25, 0.3) is 0 Å². The van der Waals surface area contributed by atoms with Gasteiger partial charge in [-0.05, 0) is 44.9 Å². The third kappa shape index (κ3) is 10.3. The van der Waals surface area contributed by atoms with Crippen molar-refractivity contribution in [2.24, 2.45) is 5.73 Å². The summed E-state index contributed by atoms with van der Waals surface area (Å²) in [5.41, 5.74) is 5.98. The van der Waals surface area contributed by atoms with E-state index >= 15 is 0 Å². The molecule has 2 aliphatic rings. The number of nitrogens with two attached hydrogens (primary N) is 1. The first kappa shape index (κ1) is 24.9. The van der Waals surface area contributed by atoms with Crippen LogP contribution in [0.3, 0.4) is 0 Å². The van der Waals surface area contributed by atoms with Gasteiger partial charge in [0.05, 0.1) is 6.04 Å². The van der Waals surface area contributed by atoms with Crippen molar-refractivity contribution in [1.82, 2.24) is 10.6 Å². The zero-order chi connectivity index (χ0) is 21.9. The van der Waals surface area contributed by atoms with E-state index in [0.717, 1.165) is 51.4 Å². The van der Waals surface area contributed by atoms with Crippen LogP contribution in [-0.2, 0) is 14.4 Å². The first-order chi connectivity index (χ1) is 13.6. The number of hydrogen-bond donors (Lipinski definition) is 4. The summed E-state index contributed by atoms with van der Waals surface area (Å²) in [6.07, 6.45) is 8.18. The highest BCUT2D eigenvalue weighted by molar-refractivity contribution is 5.82.